The lowest BCUT2D eigenvalue weighted by atomic mass is 10.2. The number of amides is 1. The smallest absolute Gasteiger partial charge is 0.274 e. The second-order valence-corrected chi connectivity index (χ2v) is 8.96. The van der Waals surface area contributed by atoms with Crippen LogP contribution in [0.25, 0.3) is 0 Å². The summed E-state index contributed by atoms with van der Waals surface area (Å²) in [6.07, 6.45) is 4.96. The van der Waals surface area contributed by atoms with Gasteiger partial charge in [0.25, 0.3) is 5.91 Å². The van der Waals surface area contributed by atoms with E-state index in [1.54, 1.807) is 0 Å². The molecule has 1 unspecified atom stereocenters. The van der Waals surface area contributed by atoms with Gasteiger partial charge >= 0.3 is 0 Å². The first-order valence-electron chi connectivity index (χ1n) is 8.13. The van der Waals surface area contributed by atoms with Gasteiger partial charge in [0.2, 0.25) is 0 Å². The van der Waals surface area contributed by atoms with Gasteiger partial charge in [-0.1, -0.05) is 0 Å². The van der Waals surface area contributed by atoms with Crippen LogP contribution in [0.1, 0.15) is 60.2 Å². The Morgan fingerprint density at radius 2 is 1.91 bits per heavy atom. The number of aromatic nitrogens is 2. The Labute approximate surface area is 130 Å². The molecule has 1 aromatic heterocycles. The van der Waals surface area contributed by atoms with Crippen LogP contribution < -0.4 is 0 Å². The number of carbonyl (C=O) groups is 1. The summed E-state index contributed by atoms with van der Waals surface area (Å²) in [7, 11) is -2.95. The molecule has 1 atom stereocenters. The molecule has 22 heavy (non-hydrogen) atoms. The summed E-state index contributed by atoms with van der Waals surface area (Å²) in [6, 6.07) is 1.81. The molecule has 1 amide bonds. The second kappa shape index (κ2) is 5.08. The molecule has 1 aliphatic carbocycles. The van der Waals surface area contributed by atoms with Crippen LogP contribution in [0.3, 0.4) is 0 Å². The third kappa shape index (κ3) is 2.55. The van der Waals surface area contributed by atoms with E-state index in [9.17, 15) is 13.2 Å². The minimum absolute atomic E-state index is 0.000922. The Morgan fingerprint density at radius 1 is 1.18 bits per heavy atom. The van der Waals surface area contributed by atoms with Gasteiger partial charge < -0.3 is 4.90 Å². The first kappa shape index (κ1) is 14.2. The predicted molar refractivity (Wildman–Crippen MR) is 81.6 cm³/mol. The van der Waals surface area contributed by atoms with Gasteiger partial charge in [-0.2, -0.15) is 5.10 Å². The molecule has 6 nitrogen and oxygen atoms in total. The molecular weight excluding hydrogens is 302 g/mol. The normalized spacial score (nSPS) is 27.5. The van der Waals surface area contributed by atoms with E-state index in [1.165, 1.54) is 0 Å². The highest BCUT2D eigenvalue weighted by Crippen LogP contribution is 2.42. The molecule has 2 saturated heterocycles. The molecule has 3 fully saturated rings. The van der Waals surface area contributed by atoms with E-state index < -0.39 is 9.84 Å². The van der Waals surface area contributed by atoms with E-state index in [2.05, 4.69) is 5.10 Å². The van der Waals surface area contributed by atoms with Crippen LogP contribution in [0.4, 0.5) is 0 Å². The first-order valence-corrected chi connectivity index (χ1v) is 9.95. The molecule has 4 rings (SSSR count). The van der Waals surface area contributed by atoms with Gasteiger partial charge in [0.1, 0.15) is 0 Å². The number of rotatable bonds is 3. The summed E-state index contributed by atoms with van der Waals surface area (Å²) < 4.78 is 25.3. The Bertz CT molecular complexity index is 700. The van der Waals surface area contributed by atoms with Gasteiger partial charge in [-0.15, -0.1) is 0 Å². The van der Waals surface area contributed by atoms with Crippen LogP contribution in [-0.4, -0.2) is 53.6 Å². The Kier molecular flexibility index (Phi) is 3.29. The zero-order chi connectivity index (χ0) is 15.3. The second-order valence-electron chi connectivity index (χ2n) is 6.73. The number of carbonyl (C=O) groups excluding carboxylic acids is 1. The van der Waals surface area contributed by atoms with E-state index >= 15 is 0 Å². The molecule has 7 heteroatoms. The van der Waals surface area contributed by atoms with Crippen molar-refractivity contribution in [2.45, 2.75) is 44.1 Å². The fraction of sp³-hybridized carbons (Fsp3) is 0.733. The maximum Gasteiger partial charge on any atom is 0.274 e. The molecule has 1 saturated carbocycles. The number of sulfone groups is 1. The Morgan fingerprint density at radius 3 is 2.50 bits per heavy atom. The van der Waals surface area contributed by atoms with Crippen molar-refractivity contribution < 1.29 is 13.2 Å². The van der Waals surface area contributed by atoms with Crippen LogP contribution in [0.15, 0.2) is 6.07 Å². The minimum Gasteiger partial charge on any atom is -0.337 e. The maximum atomic E-state index is 12.5. The van der Waals surface area contributed by atoms with Gasteiger partial charge in [0, 0.05) is 24.7 Å². The summed E-state index contributed by atoms with van der Waals surface area (Å²) in [5.41, 5.74) is 1.55. The van der Waals surface area contributed by atoms with E-state index in [4.69, 9.17) is 0 Å². The molecule has 0 bridgehead atoms. The third-order valence-corrected chi connectivity index (χ3v) is 6.68. The summed E-state index contributed by atoms with van der Waals surface area (Å²) in [4.78, 5) is 14.4. The van der Waals surface area contributed by atoms with Crippen molar-refractivity contribution >= 4 is 15.7 Å². The van der Waals surface area contributed by atoms with Crippen molar-refractivity contribution in [2.75, 3.05) is 24.6 Å². The van der Waals surface area contributed by atoms with Crippen LogP contribution >= 0.6 is 0 Å². The monoisotopic (exact) mass is 323 g/mol. The van der Waals surface area contributed by atoms with Gasteiger partial charge in [-0.05, 0) is 38.2 Å². The quantitative estimate of drug-likeness (QED) is 0.842. The lowest BCUT2D eigenvalue weighted by Gasteiger charge is -2.14. The van der Waals surface area contributed by atoms with Gasteiger partial charge in [-0.3, -0.25) is 9.48 Å². The highest BCUT2D eigenvalue weighted by molar-refractivity contribution is 7.91. The standard InChI is InChI=1S/C15H21N3O3S/c19-15(17-6-1-2-7-17)13-9-14(11-3-4-11)18(16-13)12-5-8-22(20,21)10-12/h9,11-12H,1-8,10H2. The molecule has 0 aromatic carbocycles. The number of hydrogen-bond acceptors (Lipinski definition) is 4. The van der Waals surface area contributed by atoms with E-state index in [0.717, 1.165) is 44.5 Å². The fourth-order valence-corrected chi connectivity index (χ4v) is 5.23. The number of nitrogens with zero attached hydrogens (tertiary/aromatic N) is 3. The van der Waals surface area contributed by atoms with Crippen LogP contribution in [0.5, 0.6) is 0 Å². The summed E-state index contributed by atoms with van der Waals surface area (Å²) in [6.45, 7) is 1.62. The lowest BCUT2D eigenvalue weighted by molar-refractivity contribution is 0.0786. The van der Waals surface area contributed by atoms with Gasteiger partial charge in [0.05, 0.1) is 17.5 Å². The molecule has 0 radical (unpaired) electrons. The average Bonchev–Trinajstić information content (AvgIpc) is 2.94. The van der Waals surface area contributed by atoms with Crippen molar-refractivity contribution in [3.63, 3.8) is 0 Å². The van der Waals surface area contributed by atoms with Crippen molar-refractivity contribution in [3.8, 4) is 0 Å². The minimum atomic E-state index is -2.95. The van der Waals surface area contributed by atoms with Crippen molar-refractivity contribution in [2.24, 2.45) is 0 Å². The van der Waals surface area contributed by atoms with Crippen molar-refractivity contribution in [1.29, 1.82) is 0 Å². The largest absolute Gasteiger partial charge is 0.337 e. The van der Waals surface area contributed by atoms with Gasteiger partial charge in [-0.25, -0.2) is 8.42 Å². The summed E-state index contributed by atoms with van der Waals surface area (Å²) in [5, 5.41) is 4.52. The molecule has 0 spiro atoms. The van der Waals surface area contributed by atoms with E-state index in [1.807, 2.05) is 15.6 Å². The number of hydrogen-bond donors (Lipinski definition) is 0. The molecule has 3 aliphatic rings. The van der Waals surface area contributed by atoms with E-state index in [0.29, 0.717) is 18.0 Å². The Balaban J connectivity index is 1.64. The van der Waals surface area contributed by atoms with Crippen LogP contribution in [0.2, 0.25) is 0 Å². The molecule has 0 N–H and O–H groups in total. The SMILES string of the molecule is O=C(c1cc(C2CC2)n(C2CCS(=O)(=O)C2)n1)N1CCCC1. The molecule has 3 heterocycles. The first-order chi connectivity index (χ1) is 10.5. The van der Waals surface area contributed by atoms with Crippen LogP contribution in [0, 0.1) is 0 Å². The van der Waals surface area contributed by atoms with Crippen molar-refractivity contribution in [1.82, 2.24) is 14.7 Å². The number of likely N-dealkylation sites (tertiary alicyclic amines) is 1. The van der Waals surface area contributed by atoms with Crippen molar-refractivity contribution in [3.05, 3.63) is 17.5 Å². The third-order valence-electron chi connectivity index (χ3n) is 4.93. The lowest BCUT2D eigenvalue weighted by Crippen LogP contribution is -2.28. The Hall–Kier alpha value is -1.37. The van der Waals surface area contributed by atoms with Crippen LogP contribution in [-0.2, 0) is 9.84 Å². The topological polar surface area (TPSA) is 72.3 Å². The molecule has 2 aliphatic heterocycles. The zero-order valence-corrected chi connectivity index (χ0v) is 13.4. The molecule has 1 aromatic rings. The van der Waals surface area contributed by atoms with E-state index in [-0.39, 0.29) is 23.5 Å². The highest BCUT2D eigenvalue weighted by atomic mass is 32.2. The summed E-state index contributed by atoms with van der Waals surface area (Å²) >= 11 is 0. The fourth-order valence-electron chi connectivity index (χ4n) is 3.54. The molecule has 120 valence electrons. The summed E-state index contributed by atoms with van der Waals surface area (Å²) in [5.74, 6) is 0.845. The van der Waals surface area contributed by atoms with Gasteiger partial charge in [0.15, 0.2) is 15.5 Å². The highest BCUT2D eigenvalue weighted by Gasteiger charge is 2.36. The molecular formula is C15H21N3O3S. The zero-order valence-electron chi connectivity index (χ0n) is 12.6. The maximum absolute atomic E-state index is 12.5. The average molecular weight is 323 g/mol. The predicted octanol–water partition coefficient (Wildman–Crippen LogP) is 1.36.